The molecule has 0 bridgehead atoms. The highest BCUT2D eigenvalue weighted by Crippen LogP contribution is 2.24. The second-order valence-corrected chi connectivity index (χ2v) is 9.18. The fourth-order valence-corrected chi connectivity index (χ4v) is 3.82. The van der Waals surface area contributed by atoms with E-state index in [9.17, 15) is 4.79 Å². The molecule has 2 aromatic carbocycles. The summed E-state index contributed by atoms with van der Waals surface area (Å²) in [6.45, 7) is 8.60. The zero-order valence-corrected chi connectivity index (χ0v) is 18.6. The molecule has 0 aliphatic carbocycles. The third kappa shape index (κ3) is 5.10. The summed E-state index contributed by atoms with van der Waals surface area (Å²) in [5.74, 6) is 0.837. The molecule has 1 amide bonds. The van der Waals surface area contributed by atoms with Gasteiger partial charge in [0.2, 0.25) is 0 Å². The van der Waals surface area contributed by atoms with Gasteiger partial charge in [0.05, 0.1) is 5.69 Å². The number of piperidine rings is 1. The van der Waals surface area contributed by atoms with Gasteiger partial charge < -0.3 is 10.2 Å². The first kappa shape index (κ1) is 21.0. The van der Waals surface area contributed by atoms with Crippen LogP contribution >= 0.6 is 0 Å². The van der Waals surface area contributed by atoms with Crippen molar-refractivity contribution < 1.29 is 4.79 Å². The molecule has 0 atom stereocenters. The van der Waals surface area contributed by atoms with E-state index in [1.807, 2.05) is 60.7 Å². The van der Waals surface area contributed by atoms with Crippen LogP contribution in [-0.4, -0.2) is 29.2 Å². The molecule has 0 spiro atoms. The van der Waals surface area contributed by atoms with Crippen molar-refractivity contribution in [3.63, 3.8) is 0 Å². The molecule has 1 aliphatic rings. The van der Waals surface area contributed by atoms with Gasteiger partial charge in [-0.25, -0.2) is 0 Å². The summed E-state index contributed by atoms with van der Waals surface area (Å²) in [6.07, 6.45) is 3.74. The lowest BCUT2D eigenvalue weighted by Gasteiger charge is -2.27. The number of nitrogens with one attached hydrogen (secondary N) is 1. The first-order valence-corrected chi connectivity index (χ1v) is 11.0. The molecule has 5 nitrogen and oxygen atoms in total. The summed E-state index contributed by atoms with van der Waals surface area (Å²) in [6, 6.07) is 19.6. The van der Waals surface area contributed by atoms with Gasteiger partial charge in [0.25, 0.3) is 5.91 Å². The summed E-state index contributed by atoms with van der Waals surface area (Å²) in [7, 11) is 0. The average molecular weight is 415 g/mol. The minimum atomic E-state index is -0.112. The third-order valence-corrected chi connectivity index (χ3v) is 5.78. The minimum Gasteiger partial charge on any atom is -0.355 e. The SMILES string of the molecule is CC(C)(C)c1ccc(C(=O)Nc2ccc(-c3ccc(N4CCCCC4)nn3)cc2)cc1. The van der Waals surface area contributed by atoms with Crippen LogP contribution in [0.15, 0.2) is 60.7 Å². The lowest BCUT2D eigenvalue weighted by atomic mass is 9.87. The van der Waals surface area contributed by atoms with Gasteiger partial charge in [0.15, 0.2) is 5.82 Å². The topological polar surface area (TPSA) is 58.1 Å². The number of aromatic nitrogens is 2. The number of hydrogen-bond donors (Lipinski definition) is 1. The maximum absolute atomic E-state index is 12.6. The van der Waals surface area contributed by atoms with Gasteiger partial charge in [-0.15, -0.1) is 10.2 Å². The molecule has 5 heteroatoms. The summed E-state index contributed by atoms with van der Waals surface area (Å²) < 4.78 is 0. The van der Waals surface area contributed by atoms with E-state index in [0.717, 1.165) is 35.9 Å². The van der Waals surface area contributed by atoms with Crippen molar-refractivity contribution >= 4 is 17.4 Å². The Kier molecular flexibility index (Phi) is 6.03. The van der Waals surface area contributed by atoms with E-state index >= 15 is 0 Å². The van der Waals surface area contributed by atoms with Crippen molar-refractivity contribution in [1.29, 1.82) is 0 Å². The van der Waals surface area contributed by atoms with E-state index in [-0.39, 0.29) is 11.3 Å². The van der Waals surface area contributed by atoms with Crippen LogP contribution in [-0.2, 0) is 5.41 Å². The number of carbonyl (C=O) groups excluding carboxylic acids is 1. The van der Waals surface area contributed by atoms with Gasteiger partial charge in [-0.05, 0) is 66.6 Å². The highest BCUT2D eigenvalue weighted by atomic mass is 16.1. The predicted octanol–water partition coefficient (Wildman–Crippen LogP) is 5.68. The Morgan fingerprint density at radius 1 is 0.839 bits per heavy atom. The number of amides is 1. The molecule has 0 saturated carbocycles. The fraction of sp³-hybridized carbons (Fsp3) is 0.346. The lowest BCUT2D eigenvalue weighted by Crippen LogP contribution is -2.30. The highest BCUT2D eigenvalue weighted by molar-refractivity contribution is 6.04. The largest absolute Gasteiger partial charge is 0.355 e. The quantitative estimate of drug-likeness (QED) is 0.596. The zero-order chi connectivity index (χ0) is 21.8. The van der Waals surface area contributed by atoms with E-state index < -0.39 is 0 Å². The van der Waals surface area contributed by atoms with Crippen LogP contribution in [0.2, 0.25) is 0 Å². The minimum absolute atomic E-state index is 0.0692. The van der Waals surface area contributed by atoms with E-state index in [4.69, 9.17) is 0 Å². The molecule has 1 N–H and O–H groups in total. The molecule has 2 heterocycles. The van der Waals surface area contributed by atoms with E-state index in [0.29, 0.717) is 5.56 Å². The number of nitrogens with zero attached hydrogens (tertiary/aromatic N) is 3. The Morgan fingerprint density at radius 3 is 2.10 bits per heavy atom. The average Bonchev–Trinajstić information content (AvgIpc) is 2.80. The van der Waals surface area contributed by atoms with Gasteiger partial charge in [0, 0.05) is 29.9 Å². The van der Waals surface area contributed by atoms with Crippen molar-refractivity contribution in [3.8, 4) is 11.3 Å². The fourth-order valence-electron chi connectivity index (χ4n) is 3.82. The predicted molar refractivity (Wildman–Crippen MR) is 127 cm³/mol. The van der Waals surface area contributed by atoms with Crippen LogP contribution < -0.4 is 10.2 Å². The van der Waals surface area contributed by atoms with Gasteiger partial charge in [-0.2, -0.15) is 0 Å². The monoisotopic (exact) mass is 414 g/mol. The number of rotatable bonds is 4. The molecule has 31 heavy (non-hydrogen) atoms. The Hall–Kier alpha value is -3.21. The van der Waals surface area contributed by atoms with Crippen LogP contribution in [0, 0.1) is 0 Å². The maximum Gasteiger partial charge on any atom is 0.255 e. The Bertz CT molecular complexity index is 1010. The van der Waals surface area contributed by atoms with Gasteiger partial charge in [-0.1, -0.05) is 45.0 Å². The van der Waals surface area contributed by atoms with Crippen molar-refractivity contribution in [3.05, 3.63) is 71.8 Å². The summed E-state index contributed by atoms with van der Waals surface area (Å²) in [4.78, 5) is 14.9. The molecule has 160 valence electrons. The standard InChI is InChI=1S/C26H30N4O/c1-26(2,3)21-11-7-20(8-12-21)25(31)27-22-13-9-19(10-14-22)23-15-16-24(29-28-23)30-17-5-4-6-18-30/h7-16H,4-6,17-18H2,1-3H3,(H,27,31). The van der Waals surface area contributed by atoms with Crippen molar-refractivity contribution in [2.75, 3.05) is 23.3 Å². The highest BCUT2D eigenvalue weighted by Gasteiger charge is 2.15. The van der Waals surface area contributed by atoms with Crippen LogP contribution in [0.3, 0.4) is 0 Å². The van der Waals surface area contributed by atoms with E-state index in [2.05, 4.69) is 41.2 Å². The summed E-state index contributed by atoms with van der Waals surface area (Å²) in [5, 5.41) is 11.8. The Balaban J connectivity index is 1.40. The van der Waals surface area contributed by atoms with Crippen molar-refractivity contribution in [1.82, 2.24) is 10.2 Å². The van der Waals surface area contributed by atoms with E-state index in [1.165, 1.54) is 24.8 Å². The van der Waals surface area contributed by atoms with Gasteiger partial charge in [0.1, 0.15) is 0 Å². The van der Waals surface area contributed by atoms with Crippen LogP contribution in [0.5, 0.6) is 0 Å². The zero-order valence-electron chi connectivity index (χ0n) is 18.6. The van der Waals surface area contributed by atoms with Crippen molar-refractivity contribution in [2.45, 2.75) is 45.4 Å². The maximum atomic E-state index is 12.6. The molecule has 4 rings (SSSR count). The Labute approximate surface area is 184 Å². The van der Waals surface area contributed by atoms with Gasteiger partial charge in [-0.3, -0.25) is 4.79 Å². The Morgan fingerprint density at radius 2 is 1.52 bits per heavy atom. The molecule has 0 radical (unpaired) electrons. The number of anilines is 2. The third-order valence-electron chi connectivity index (χ3n) is 5.78. The molecule has 0 unspecified atom stereocenters. The van der Waals surface area contributed by atoms with Crippen LogP contribution in [0.4, 0.5) is 11.5 Å². The molecule has 1 aliphatic heterocycles. The van der Waals surface area contributed by atoms with Gasteiger partial charge >= 0.3 is 0 Å². The number of hydrogen-bond acceptors (Lipinski definition) is 4. The molecular formula is C26H30N4O. The second-order valence-electron chi connectivity index (χ2n) is 9.18. The molecule has 3 aromatic rings. The number of carbonyl (C=O) groups is 1. The summed E-state index contributed by atoms with van der Waals surface area (Å²) >= 11 is 0. The van der Waals surface area contributed by atoms with E-state index in [1.54, 1.807) is 0 Å². The van der Waals surface area contributed by atoms with Crippen LogP contribution in [0.1, 0.15) is 56.0 Å². The number of benzene rings is 2. The van der Waals surface area contributed by atoms with Crippen molar-refractivity contribution in [2.24, 2.45) is 0 Å². The molecular weight excluding hydrogens is 384 g/mol. The lowest BCUT2D eigenvalue weighted by molar-refractivity contribution is 0.102. The normalized spacial score (nSPS) is 14.4. The smallest absolute Gasteiger partial charge is 0.255 e. The first-order chi connectivity index (χ1) is 14.9. The summed E-state index contributed by atoms with van der Waals surface area (Å²) in [5.41, 5.74) is 4.49. The molecule has 1 fully saturated rings. The second kappa shape index (κ2) is 8.88. The molecule has 1 saturated heterocycles. The first-order valence-electron chi connectivity index (χ1n) is 11.0. The van der Waals surface area contributed by atoms with Crippen LogP contribution in [0.25, 0.3) is 11.3 Å². The molecule has 1 aromatic heterocycles.